The van der Waals surface area contributed by atoms with Crippen molar-refractivity contribution < 1.29 is 9.59 Å². The summed E-state index contributed by atoms with van der Waals surface area (Å²) in [5.74, 6) is 1.07. The van der Waals surface area contributed by atoms with Crippen molar-refractivity contribution in [2.45, 2.75) is 43.7 Å². The van der Waals surface area contributed by atoms with Gasteiger partial charge in [0.1, 0.15) is 5.54 Å². The highest BCUT2D eigenvalue weighted by molar-refractivity contribution is 6.11. The molecule has 0 unspecified atom stereocenters. The highest BCUT2D eigenvalue weighted by Gasteiger charge is 2.50. The molecule has 0 bridgehead atoms. The number of anilines is 2. The first-order valence-corrected chi connectivity index (χ1v) is 9.57. The molecule has 4 rings (SSSR count). The molecule has 5 heteroatoms. The van der Waals surface area contributed by atoms with Gasteiger partial charge in [-0.3, -0.25) is 14.5 Å². The predicted molar refractivity (Wildman–Crippen MR) is 110 cm³/mol. The van der Waals surface area contributed by atoms with E-state index in [-0.39, 0.29) is 0 Å². The summed E-state index contributed by atoms with van der Waals surface area (Å²) in [4.78, 5) is 26.9. The molecule has 0 atom stereocenters. The molecule has 1 fully saturated rings. The summed E-state index contributed by atoms with van der Waals surface area (Å²) in [6.45, 7) is 0. The molecule has 3 N–H and O–H groups in total. The van der Waals surface area contributed by atoms with Crippen LogP contribution in [0.25, 0.3) is 0 Å². The van der Waals surface area contributed by atoms with Gasteiger partial charge in [-0.05, 0) is 54.5 Å². The van der Waals surface area contributed by atoms with Gasteiger partial charge in [0.05, 0.1) is 0 Å². The minimum atomic E-state index is -1.21. The molecule has 0 radical (unpaired) electrons. The van der Waals surface area contributed by atoms with Crippen LogP contribution in [0.4, 0.5) is 11.4 Å². The van der Waals surface area contributed by atoms with Crippen LogP contribution in [0.3, 0.4) is 0 Å². The Bertz CT molecular complexity index is 947. The largest absolute Gasteiger partial charge is 0.382 e. The van der Waals surface area contributed by atoms with Gasteiger partial charge in [0.15, 0.2) is 0 Å². The van der Waals surface area contributed by atoms with Crippen LogP contribution in [0.1, 0.15) is 30.4 Å². The maximum Gasteiger partial charge on any atom is 0.303 e. The van der Waals surface area contributed by atoms with Crippen molar-refractivity contribution in [3.63, 3.8) is 0 Å². The topological polar surface area (TPSA) is 75.4 Å². The second kappa shape index (κ2) is 7.05. The summed E-state index contributed by atoms with van der Waals surface area (Å²) >= 11 is 0. The number of primary amides is 1. The van der Waals surface area contributed by atoms with Crippen LogP contribution in [-0.4, -0.2) is 23.4 Å². The second-order valence-electron chi connectivity index (χ2n) is 7.63. The molecule has 0 spiro atoms. The summed E-state index contributed by atoms with van der Waals surface area (Å²) in [5.41, 5.74) is 8.19. The minimum absolute atomic E-state index is 0.353. The number of benzene rings is 2. The molecule has 28 heavy (non-hydrogen) atoms. The number of carbonyl (C=O) groups excluding carboxylic acids is 2. The molecule has 2 aromatic carbocycles. The highest BCUT2D eigenvalue weighted by atomic mass is 16.2. The maximum absolute atomic E-state index is 12.8. The molecule has 2 aliphatic carbocycles. The molecule has 2 aromatic rings. The van der Waals surface area contributed by atoms with E-state index in [0.717, 1.165) is 29.7 Å². The molecule has 5 nitrogen and oxygen atoms in total. The lowest BCUT2D eigenvalue weighted by atomic mass is 9.90. The number of nitrogens with one attached hydrogen (secondary N) is 1. The Balaban J connectivity index is 1.76. The number of amides is 2. The molecule has 2 amide bonds. The zero-order valence-electron chi connectivity index (χ0n) is 15.7. The number of fused-ring (bicyclic) bond motifs is 1. The fraction of sp³-hybridized carbons (Fsp3) is 0.304. The molecule has 1 saturated carbocycles. The van der Waals surface area contributed by atoms with Crippen LogP contribution < -0.4 is 16.0 Å². The summed E-state index contributed by atoms with van der Waals surface area (Å²) in [7, 11) is 0. The van der Waals surface area contributed by atoms with Crippen LogP contribution in [0, 0.1) is 12.3 Å². The van der Waals surface area contributed by atoms with Gasteiger partial charge in [-0.2, -0.15) is 0 Å². The van der Waals surface area contributed by atoms with E-state index >= 15 is 0 Å². The average Bonchev–Trinajstić information content (AvgIpc) is 3.05. The van der Waals surface area contributed by atoms with Gasteiger partial charge in [0.2, 0.25) is 5.91 Å². The van der Waals surface area contributed by atoms with Crippen LogP contribution >= 0.6 is 0 Å². The molecule has 0 aliphatic heterocycles. The van der Waals surface area contributed by atoms with E-state index in [2.05, 4.69) is 11.2 Å². The van der Waals surface area contributed by atoms with Crippen LogP contribution in [0.5, 0.6) is 0 Å². The van der Waals surface area contributed by atoms with Gasteiger partial charge in [-0.25, -0.2) is 0 Å². The van der Waals surface area contributed by atoms with Crippen LogP contribution in [0.15, 0.2) is 48.5 Å². The fourth-order valence-electron chi connectivity index (χ4n) is 4.18. The Morgan fingerprint density at radius 1 is 1.11 bits per heavy atom. The average molecular weight is 373 g/mol. The van der Waals surface area contributed by atoms with Gasteiger partial charge >= 0.3 is 5.91 Å². The standard InChI is InChI=1S/C23H23N3O2/c1-2-21(27)26(20-12-6-11-19(13-20)25-18-9-5-10-18)23(22(24)28)14-16-7-3-4-8-17(16)15-23/h1,3-4,6-8,11-13,18,25H,5,9-10,14-15H2,(H2,24,28). The van der Waals surface area contributed by atoms with E-state index in [1.807, 2.05) is 42.5 Å². The Morgan fingerprint density at radius 2 is 1.79 bits per heavy atom. The van der Waals surface area contributed by atoms with Crippen molar-refractivity contribution >= 4 is 23.2 Å². The summed E-state index contributed by atoms with van der Waals surface area (Å²) < 4.78 is 0. The number of rotatable bonds is 5. The third kappa shape index (κ3) is 3.01. The minimum Gasteiger partial charge on any atom is -0.382 e. The van der Waals surface area contributed by atoms with Crippen molar-refractivity contribution in [2.75, 3.05) is 10.2 Å². The monoisotopic (exact) mass is 373 g/mol. The van der Waals surface area contributed by atoms with Gasteiger partial charge < -0.3 is 11.1 Å². The van der Waals surface area contributed by atoms with E-state index in [4.69, 9.17) is 12.2 Å². The Kier molecular flexibility index (Phi) is 4.56. The van der Waals surface area contributed by atoms with Gasteiger partial charge in [-0.15, -0.1) is 6.42 Å². The second-order valence-corrected chi connectivity index (χ2v) is 7.63. The van der Waals surface area contributed by atoms with E-state index in [0.29, 0.717) is 24.6 Å². The van der Waals surface area contributed by atoms with Crippen LogP contribution in [-0.2, 0) is 22.4 Å². The SMILES string of the molecule is C#CC(=O)N(c1cccc(NC2CCC2)c1)C1(C(N)=O)Cc2ccccc2C1. The lowest BCUT2D eigenvalue weighted by Gasteiger charge is -2.38. The Labute approximate surface area is 164 Å². The van der Waals surface area contributed by atoms with Gasteiger partial charge in [0.25, 0.3) is 0 Å². The molecular weight excluding hydrogens is 350 g/mol. The molecular formula is C23H23N3O2. The molecule has 0 saturated heterocycles. The maximum atomic E-state index is 12.8. The number of nitrogens with zero attached hydrogens (tertiary/aromatic N) is 1. The summed E-state index contributed by atoms with van der Waals surface area (Å²) in [6, 6.07) is 15.7. The molecule has 142 valence electrons. The fourth-order valence-corrected chi connectivity index (χ4v) is 4.18. The number of hydrogen-bond donors (Lipinski definition) is 2. The Morgan fingerprint density at radius 3 is 2.32 bits per heavy atom. The molecule has 0 aromatic heterocycles. The third-order valence-electron chi connectivity index (χ3n) is 5.88. The van der Waals surface area contributed by atoms with E-state index < -0.39 is 17.4 Å². The van der Waals surface area contributed by atoms with E-state index in [1.165, 1.54) is 11.3 Å². The predicted octanol–water partition coefficient (Wildman–Crippen LogP) is 2.64. The first-order chi connectivity index (χ1) is 13.5. The zero-order valence-corrected chi connectivity index (χ0v) is 15.7. The van der Waals surface area contributed by atoms with Crippen molar-refractivity contribution in [1.29, 1.82) is 0 Å². The number of hydrogen-bond acceptors (Lipinski definition) is 3. The summed E-state index contributed by atoms with van der Waals surface area (Å²) in [6.07, 6.45) is 9.69. The smallest absolute Gasteiger partial charge is 0.303 e. The summed E-state index contributed by atoms with van der Waals surface area (Å²) in [5, 5.41) is 3.47. The number of nitrogens with two attached hydrogens (primary N) is 1. The van der Waals surface area contributed by atoms with Crippen LogP contribution in [0.2, 0.25) is 0 Å². The zero-order chi connectivity index (χ0) is 19.7. The highest BCUT2D eigenvalue weighted by Crippen LogP contribution is 2.38. The van der Waals surface area contributed by atoms with Crippen molar-refractivity contribution in [3.8, 4) is 12.3 Å². The molecule has 0 heterocycles. The van der Waals surface area contributed by atoms with Crippen molar-refractivity contribution in [3.05, 3.63) is 59.7 Å². The van der Waals surface area contributed by atoms with Crippen molar-refractivity contribution in [1.82, 2.24) is 0 Å². The van der Waals surface area contributed by atoms with E-state index in [9.17, 15) is 9.59 Å². The van der Waals surface area contributed by atoms with E-state index in [1.54, 1.807) is 6.07 Å². The number of carbonyl (C=O) groups is 2. The first kappa shape index (κ1) is 18.1. The number of terminal acetylenes is 1. The van der Waals surface area contributed by atoms with Gasteiger partial charge in [0, 0.05) is 30.3 Å². The quantitative estimate of drug-likeness (QED) is 0.791. The van der Waals surface area contributed by atoms with Gasteiger partial charge in [-0.1, -0.05) is 30.3 Å². The van der Waals surface area contributed by atoms with Crippen molar-refractivity contribution in [2.24, 2.45) is 5.73 Å². The lowest BCUT2D eigenvalue weighted by Crippen LogP contribution is -2.61. The molecule has 2 aliphatic rings. The lowest BCUT2D eigenvalue weighted by molar-refractivity contribution is -0.126. The third-order valence-corrected chi connectivity index (χ3v) is 5.88. The first-order valence-electron chi connectivity index (χ1n) is 9.57. The Hall–Kier alpha value is -3.26. The normalized spacial score (nSPS) is 17.1.